The quantitative estimate of drug-likeness (QED) is 0.0879. The highest BCUT2D eigenvalue weighted by Gasteiger charge is 2.30. The molecule has 3 aromatic carbocycles. The summed E-state index contributed by atoms with van der Waals surface area (Å²) in [4.78, 5) is 69.2. The number of aromatic carboxylic acids is 1. The molecule has 0 unspecified atom stereocenters. The molecule has 6 rings (SSSR count). The molecule has 1 fully saturated rings. The number of carboxylic acids is 2. The molecule has 0 bridgehead atoms. The molecule has 4 aromatic rings. The van der Waals surface area contributed by atoms with Gasteiger partial charge in [-0.2, -0.15) is 0 Å². The number of benzene rings is 3. The van der Waals surface area contributed by atoms with Crippen molar-refractivity contribution in [2.75, 3.05) is 30.3 Å². The summed E-state index contributed by atoms with van der Waals surface area (Å²) in [7, 11) is 0. The number of hydrogen-bond donors (Lipinski definition) is 4. The van der Waals surface area contributed by atoms with E-state index in [1.807, 2.05) is 64.4 Å². The van der Waals surface area contributed by atoms with Crippen molar-refractivity contribution in [2.24, 2.45) is 5.92 Å². The number of rotatable bonds is 16. The number of nitrogens with one attached hydrogen (secondary N) is 2. The number of carbonyl (C=O) groups excluding carboxylic acids is 3. The zero-order valence-electron chi connectivity index (χ0n) is 33.1. The van der Waals surface area contributed by atoms with Gasteiger partial charge in [0.15, 0.2) is 0 Å². The van der Waals surface area contributed by atoms with Crippen LogP contribution in [0.3, 0.4) is 0 Å². The standard InChI is InChI=1S/C45H52N4O7S.ClH/c1-3-36(4-2)49(39(50)28-48-24-22-33(23-25-48)45(55)56)27-31-8-7-9-34(26-31)41(51)47-43-40(37-10-5-6-11-38(37)57-43)42(52)46-35-20-16-30(17-21-35)13-12-29-14-18-32(19-15-29)44(53)54;/h7-9,14-21,26,33,36H,3-6,10-13,22-25,27-28H2,1-2H3,(H,46,52)(H,47,51)(H,53,54)(H,55,56);1H. The number of thiophene rings is 1. The Balaban J connectivity index is 0.00000641. The van der Waals surface area contributed by atoms with Crippen molar-refractivity contribution < 1.29 is 34.2 Å². The molecule has 0 radical (unpaired) electrons. The van der Waals surface area contributed by atoms with E-state index in [1.165, 1.54) is 11.3 Å². The number of fused-ring (bicyclic) bond motifs is 1. The normalized spacial score (nSPS) is 14.3. The molecule has 1 saturated heterocycles. The number of carbonyl (C=O) groups is 5. The fraction of sp³-hybridized carbons (Fsp3) is 0.400. The second kappa shape index (κ2) is 20.6. The fourth-order valence-corrected chi connectivity index (χ4v) is 9.18. The first kappa shape index (κ1) is 44.1. The van der Waals surface area contributed by atoms with Gasteiger partial charge in [-0.3, -0.25) is 24.1 Å². The van der Waals surface area contributed by atoms with Crippen molar-refractivity contribution in [3.63, 3.8) is 0 Å². The van der Waals surface area contributed by atoms with Crippen molar-refractivity contribution in [2.45, 2.75) is 90.6 Å². The third-order valence-electron chi connectivity index (χ3n) is 11.3. The van der Waals surface area contributed by atoms with Crippen LogP contribution in [-0.2, 0) is 41.8 Å². The second-order valence-corrected chi connectivity index (χ2v) is 16.2. The Labute approximate surface area is 350 Å². The minimum Gasteiger partial charge on any atom is -0.481 e. The predicted octanol–water partition coefficient (Wildman–Crippen LogP) is 8.35. The van der Waals surface area contributed by atoms with Gasteiger partial charge >= 0.3 is 11.9 Å². The van der Waals surface area contributed by atoms with Crippen LogP contribution in [0.15, 0.2) is 72.8 Å². The summed E-state index contributed by atoms with van der Waals surface area (Å²) < 4.78 is 0. The van der Waals surface area contributed by atoms with Crippen LogP contribution in [-0.4, -0.2) is 75.3 Å². The lowest BCUT2D eigenvalue weighted by molar-refractivity contribution is -0.143. The predicted molar refractivity (Wildman–Crippen MR) is 230 cm³/mol. The number of amides is 3. The van der Waals surface area contributed by atoms with Crippen LogP contribution in [0.25, 0.3) is 0 Å². The first-order chi connectivity index (χ1) is 27.5. The number of likely N-dealkylation sites (tertiary alicyclic amines) is 1. The molecule has 1 aliphatic heterocycles. The average molecular weight is 829 g/mol. The molecule has 0 atom stereocenters. The van der Waals surface area contributed by atoms with Gasteiger partial charge in [-0.05, 0) is 136 Å². The summed E-state index contributed by atoms with van der Waals surface area (Å²) in [5, 5.41) is 25.2. The number of hydrogen-bond acceptors (Lipinski definition) is 7. The highest BCUT2D eigenvalue weighted by Crippen LogP contribution is 2.39. The van der Waals surface area contributed by atoms with Crippen LogP contribution in [0.1, 0.15) is 111 Å². The zero-order chi connectivity index (χ0) is 40.5. The lowest BCUT2D eigenvalue weighted by atomic mass is 9.95. The van der Waals surface area contributed by atoms with E-state index < -0.39 is 11.9 Å². The molecule has 58 heavy (non-hydrogen) atoms. The van der Waals surface area contributed by atoms with Gasteiger partial charge < -0.3 is 25.7 Å². The second-order valence-electron chi connectivity index (χ2n) is 15.1. The van der Waals surface area contributed by atoms with E-state index in [9.17, 15) is 29.1 Å². The molecule has 2 heterocycles. The molecular weight excluding hydrogens is 776 g/mol. The molecule has 1 aliphatic carbocycles. The smallest absolute Gasteiger partial charge is 0.335 e. The Bertz CT molecular complexity index is 2070. The fourth-order valence-electron chi connectivity index (χ4n) is 7.90. The Morgan fingerprint density at radius 2 is 1.43 bits per heavy atom. The topological polar surface area (TPSA) is 156 Å². The van der Waals surface area contributed by atoms with Gasteiger partial charge in [0.25, 0.3) is 11.8 Å². The van der Waals surface area contributed by atoms with Gasteiger partial charge in [0, 0.05) is 28.7 Å². The first-order valence-corrected chi connectivity index (χ1v) is 20.9. The van der Waals surface area contributed by atoms with Crippen LogP contribution in [0, 0.1) is 5.92 Å². The van der Waals surface area contributed by atoms with E-state index in [-0.39, 0.29) is 54.2 Å². The number of halogens is 1. The monoisotopic (exact) mass is 828 g/mol. The maximum absolute atomic E-state index is 13.9. The van der Waals surface area contributed by atoms with Gasteiger partial charge in [-0.25, -0.2) is 4.79 Å². The van der Waals surface area contributed by atoms with E-state index in [1.54, 1.807) is 18.2 Å². The lowest BCUT2D eigenvalue weighted by Gasteiger charge is -2.35. The maximum atomic E-state index is 13.9. The highest BCUT2D eigenvalue weighted by molar-refractivity contribution is 7.17. The molecule has 2 aliphatic rings. The Morgan fingerprint density at radius 1 is 0.793 bits per heavy atom. The first-order valence-electron chi connectivity index (χ1n) is 20.0. The molecule has 4 N–H and O–H groups in total. The zero-order valence-corrected chi connectivity index (χ0v) is 34.8. The van der Waals surface area contributed by atoms with Crippen molar-refractivity contribution >= 4 is 64.1 Å². The van der Waals surface area contributed by atoms with Crippen molar-refractivity contribution in [1.29, 1.82) is 0 Å². The summed E-state index contributed by atoms with van der Waals surface area (Å²) in [6.45, 7) is 5.85. The molecular formula is C45H53ClN4O7S. The minimum atomic E-state index is -0.946. The number of anilines is 2. The Kier molecular flexibility index (Phi) is 15.6. The number of nitrogens with zero attached hydrogens (tertiary/aromatic N) is 2. The number of aryl methyl sites for hydroxylation is 3. The SMILES string of the molecule is CCC(CC)N(Cc1cccc(C(=O)Nc2sc3c(c2C(=O)Nc2ccc(CCc4ccc(C(=O)O)cc4)cc2)CCCC3)c1)C(=O)CN1CCC(C(=O)O)CC1.Cl. The molecule has 0 saturated carbocycles. The van der Waals surface area contributed by atoms with Crippen LogP contribution >= 0.6 is 23.7 Å². The summed E-state index contributed by atoms with van der Waals surface area (Å²) in [5.41, 5.74) is 5.80. The summed E-state index contributed by atoms with van der Waals surface area (Å²) >= 11 is 1.46. The van der Waals surface area contributed by atoms with Gasteiger partial charge in [-0.15, -0.1) is 23.7 Å². The van der Waals surface area contributed by atoms with E-state index in [2.05, 4.69) is 24.5 Å². The van der Waals surface area contributed by atoms with Crippen molar-refractivity contribution in [1.82, 2.24) is 9.80 Å². The van der Waals surface area contributed by atoms with E-state index in [0.29, 0.717) is 54.3 Å². The molecule has 0 spiro atoms. The average Bonchev–Trinajstić information content (AvgIpc) is 3.59. The molecule has 13 heteroatoms. The van der Waals surface area contributed by atoms with Gasteiger partial charge in [0.1, 0.15) is 5.00 Å². The number of piperidine rings is 1. The third-order valence-corrected chi connectivity index (χ3v) is 12.5. The minimum absolute atomic E-state index is 0. The maximum Gasteiger partial charge on any atom is 0.335 e. The number of carboxylic acid groups (broad SMARTS) is 2. The van der Waals surface area contributed by atoms with Gasteiger partial charge in [-0.1, -0.05) is 50.2 Å². The molecule has 308 valence electrons. The Morgan fingerprint density at radius 3 is 2.05 bits per heavy atom. The largest absolute Gasteiger partial charge is 0.481 e. The van der Waals surface area contributed by atoms with E-state index >= 15 is 0 Å². The summed E-state index contributed by atoms with van der Waals surface area (Å²) in [6, 6.07) is 21.9. The van der Waals surface area contributed by atoms with Gasteiger partial charge in [0.2, 0.25) is 5.91 Å². The Hall–Kier alpha value is -5.04. The molecule has 3 amide bonds. The van der Waals surface area contributed by atoms with E-state index in [0.717, 1.165) is 78.5 Å². The molecule has 1 aromatic heterocycles. The third kappa shape index (κ3) is 11.1. The van der Waals surface area contributed by atoms with Crippen LogP contribution in [0.2, 0.25) is 0 Å². The number of aliphatic carboxylic acids is 1. The van der Waals surface area contributed by atoms with Gasteiger partial charge in [0.05, 0.1) is 23.6 Å². The van der Waals surface area contributed by atoms with E-state index in [4.69, 9.17) is 5.11 Å². The van der Waals surface area contributed by atoms with Crippen LogP contribution in [0.4, 0.5) is 10.7 Å². The van der Waals surface area contributed by atoms with Crippen molar-refractivity contribution in [3.05, 3.63) is 117 Å². The van der Waals surface area contributed by atoms with Crippen LogP contribution < -0.4 is 10.6 Å². The summed E-state index contributed by atoms with van der Waals surface area (Å²) in [6.07, 6.45) is 7.78. The highest BCUT2D eigenvalue weighted by atomic mass is 35.5. The van der Waals surface area contributed by atoms with Crippen LogP contribution in [0.5, 0.6) is 0 Å². The molecule has 11 nitrogen and oxygen atoms in total. The lowest BCUT2D eigenvalue weighted by Crippen LogP contribution is -2.47. The summed E-state index contributed by atoms with van der Waals surface area (Å²) in [5.74, 6) is -2.68. The van der Waals surface area contributed by atoms with Crippen molar-refractivity contribution in [3.8, 4) is 0 Å².